The molecule has 0 aliphatic heterocycles. The highest BCUT2D eigenvalue weighted by molar-refractivity contribution is 6.31. The summed E-state index contributed by atoms with van der Waals surface area (Å²) in [6.45, 7) is 3.25. The molecule has 0 bridgehead atoms. The molecule has 1 aliphatic rings. The summed E-state index contributed by atoms with van der Waals surface area (Å²) in [5, 5.41) is 4.10. The Bertz CT molecular complexity index is 494. The molecule has 0 aromatic heterocycles. The fourth-order valence-corrected chi connectivity index (χ4v) is 3.05. The summed E-state index contributed by atoms with van der Waals surface area (Å²) in [6, 6.07) is 5.42. The maximum absolute atomic E-state index is 12.2. The van der Waals surface area contributed by atoms with E-state index < -0.39 is 0 Å². The first-order valence-corrected chi connectivity index (χ1v) is 8.10. The van der Waals surface area contributed by atoms with Crippen molar-refractivity contribution < 1.29 is 4.79 Å². The molecule has 3 nitrogen and oxygen atoms in total. The van der Waals surface area contributed by atoms with Gasteiger partial charge in [0.15, 0.2) is 0 Å². The number of nitrogens with zero attached hydrogens (tertiary/aromatic N) is 1. The lowest BCUT2D eigenvalue weighted by Gasteiger charge is -2.27. The molecule has 1 saturated carbocycles. The molecule has 1 aromatic carbocycles. The number of anilines is 1. The Morgan fingerprint density at radius 3 is 2.57 bits per heavy atom. The van der Waals surface area contributed by atoms with E-state index >= 15 is 0 Å². The van der Waals surface area contributed by atoms with Crippen molar-refractivity contribution >= 4 is 23.2 Å². The number of hydrogen-bond acceptors (Lipinski definition) is 2. The van der Waals surface area contributed by atoms with Gasteiger partial charge >= 0.3 is 0 Å². The quantitative estimate of drug-likeness (QED) is 0.900. The number of carbonyl (C=O) groups excluding carboxylic acids is 1. The number of benzene rings is 1. The van der Waals surface area contributed by atoms with Crippen LogP contribution in [0.5, 0.6) is 0 Å². The van der Waals surface area contributed by atoms with E-state index in [1.165, 1.54) is 25.7 Å². The third kappa shape index (κ3) is 4.37. The van der Waals surface area contributed by atoms with Crippen LogP contribution in [-0.4, -0.2) is 31.4 Å². The van der Waals surface area contributed by atoms with E-state index in [9.17, 15) is 4.79 Å². The summed E-state index contributed by atoms with van der Waals surface area (Å²) < 4.78 is 0. The number of amides is 1. The van der Waals surface area contributed by atoms with E-state index in [0.29, 0.717) is 16.5 Å². The minimum atomic E-state index is 0.00596. The number of halogens is 1. The van der Waals surface area contributed by atoms with Crippen molar-refractivity contribution in [2.24, 2.45) is 11.8 Å². The van der Waals surface area contributed by atoms with Crippen molar-refractivity contribution in [1.82, 2.24) is 4.90 Å². The molecule has 0 atom stereocenters. The van der Waals surface area contributed by atoms with Crippen molar-refractivity contribution in [3.63, 3.8) is 0 Å². The lowest BCUT2D eigenvalue weighted by Crippen LogP contribution is -2.25. The van der Waals surface area contributed by atoms with E-state index in [0.717, 1.165) is 18.2 Å². The highest BCUT2D eigenvalue weighted by Crippen LogP contribution is 2.29. The normalized spacial score (nSPS) is 21.9. The van der Waals surface area contributed by atoms with Crippen LogP contribution in [0.1, 0.15) is 43.0 Å². The van der Waals surface area contributed by atoms with Gasteiger partial charge in [0.05, 0.1) is 5.56 Å². The minimum absolute atomic E-state index is 0.00596. The van der Waals surface area contributed by atoms with Gasteiger partial charge in [-0.05, 0) is 42.9 Å². The molecule has 4 heteroatoms. The lowest BCUT2D eigenvalue weighted by molar-refractivity contribution is 0.0828. The fourth-order valence-electron chi connectivity index (χ4n) is 2.88. The number of nitrogens with one attached hydrogen (secondary N) is 1. The van der Waals surface area contributed by atoms with Crippen molar-refractivity contribution in [1.29, 1.82) is 0 Å². The van der Waals surface area contributed by atoms with Crippen molar-refractivity contribution in [3.05, 3.63) is 28.8 Å². The highest BCUT2D eigenvalue weighted by Gasteiger charge is 2.19. The largest absolute Gasteiger partial charge is 0.384 e. The van der Waals surface area contributed by atoms with Crippen LogP contribution in [0.4, 0.5) is 5.69 Å². The van der Waals surface area contributed by atoms with Crippen LogP contribution in [0.2, 0.25) is 5.02 Å². The van der Waals surface area contributed by atoms with E-state index in [2.05, 4.69) is 12.2 Å². The molecule has 0 radical (unpaired) electrons. The van der Waals surface area contributed by atoms with Crippen LogP contribution in [0.25, 0.3) is 0 Å². The topological polar surface area (TPSA) is 32.3 Å². The van der Waals surface area contributed by atoms with E-state index in [1.54, 1.807) is 31.1 Å². The summed E-state index contributed by atoms with van der Waals surface area (Å²) in [5.74, 6) is 1.56. The molecule has 1 amide bonds. The van der Waals surface area contributed by atoms with Gasteiger partial charge in [0, 0.05) is 31.4 Å². The maximum Gasteiger partial charge on any atom is 0.255 e. The van der Waals surface area contributed by atoms with Gasteiger partial charge in [-0.1, -0.05) is 31.4 Å². The van der Waals surface area contributed by atoms with Gasteiger partial charge in [-0.15, -0.1) is 0 Å². The van der Waals surface area contributed by atoms with Gasteiger partial charge in [-0.3, -0.25) is 4.79 Å². The summed E-state index contributed by atoms with van der Waals surface area (Å²) in [5.41, 5.74) is 1.54. The van der Waals surface area contributed by atoms with Gasteiger partial charge < -0.3 is 10.2 Å². The Morgan fingerprint density at radius 2 is 1.95 bits per heavy atom. The Labute approximate surface area is 132 Å². The van der Waals surface area contributed by atoms with Crippen molar-refractivity contribution in [2.45, 2.75) is 32.6 Å². The van der Waals surface area contributed by atoms with Crippen LogP contribution in [0.3, 0.4) is 0 Å². The zero-order valence-corrected chi connectivity index (χ0v) is 13.9. The van der Waals surface area contributed by atoms with Crippen LogP contribution in [-0.2, 0) is 0 Å². The number of rotatable bonds is 4. The number of carbonyl (C=O) groups is 1. The molecule has 2 rings (SSSR count). The Morgan fingerprint density at radius 1 is 1.29 bits per heavy atom. The van der Waals surface area contributed by atoms with Gasteiger partial charge in [-0.2, -0.15) is 0 Å². The Hall–Kier alpha value is -1.22. The molecule has 116 valence electrons. The molecule has 0 heterocycles. The smallest absolute Gasteiger partial charge is 0.255 e. The molecule has 0 unspecified atom stereocenters. The summed E-state index contributed by atoms with van der Waals surface area (Å²) >= 11 is 6.08. The first kappa shape index (κ1) is 16.2. The van der Waals surface area contributed by atoms with Crippen LogP contribution in [0.15, 0.2) is 18.2 Å². The molecule has 0 saturated heterocycles. The summed E-state index contributed by atoms with van der Waals surface area (Å²) in [7, 11) is 3.53. The fraction of sp³-hybridized carbons (Fsp3) is 0.588. The SMILES string of the molecule is CC1CCC(CNc2cc(Cl)ccc2C(=O)N(C)C)CC1. The van der Waals surface area contributed by atoms with Crippen molar-refractivity contribution in [3.8, 4) is 0 Å². The lowest BCUT2D eigenvalue weighted by atomic mass is 9.83. The minimum Gasteiger partial charge on any atom is -0.384 e. The number of hydrogen-bond donors (Lipinski definition) is 1. The summed E-state index contributed by atoms with van der Waals surface area (Å²) in [6.07, 6.45) is 5.16. The third-order valence-corrected chi connectivity index (χ3v) is 4.57. The zero-order valence-electron chi connectivity index (χ0n) is 13.2. The molecular formula is C17H25ClN2O. The van der Waals surface area contributed by atoms with E-state index in [4.69, 9.17) is 11.6 Å². The molecular weight excluding hydrogens is 284 g/mol. The van der Waals surface area contributed by atoms with Gasteiger partial charge in [0.2, 0.25) is 0 Å². The molecule has 21 heavy (non-hydrogen) atoms. The second-order valence-corrected chi connectivity index (χ2v) is 6.83. The van der Waals surface area contributed by atoms with Gasteiger partial charge in [0.25, 0.3) is 5.91 Å². The monoisotopic (exact) mass is 308 g/mol. The average Bonchev–Trinajstić information content (AvgIpc) is 2.46. The predicted molar refractivity (Wildman–Crippen MR) is 89.1 cm³/mol. The van der Waals surface area contributed by atoms with Crippen LogP contribution >= 0.6 is 11.6 Å². The highest BCUT2D eigenvalue weighted by atomic mass is 35.5. The van der Waals surface area contributed by atoms with E-state index in [1.807, 2.05) is 6.07 Å². The Balaban J connectivity index is 2.04. The second-order valence-electron chi connectivity index (χ2n) is 6.40. The molecule has 1 fully saturated rings. The molecule has 1 aliphatic carbocycles. The first-order chi connectivity index (χ1) is 9.97. The van der Waals surface area contributed by atoms with Crippen molar-refractivity contribution in [2.75, 3.05) is 26.0 Å². The average molecular weight is 309 g/mol. The summed E-state index contributed by atoms with van der Waals surface area (Å²) in [4.78, 5) is 13.8. The Kier molecular flexibility index (Phi) is 5.51. The maximum atomic E-state index is 12.2. The van der Waals surface area contributed by atoms with Gasteiger partial charge in [-0.25, -0.2) is 0 Å². The first-order valence-electron chi connectivity index (χ1n) is 7.72. The zero-order chi connectivity index (χ0) is 15.4. The van der Waals surface area contributed by atoms with E-state index in [-0.39, 0.29) is 5.91 Å². The predicted octanol–water partition coefficient (Wildman–Crippen LogP) is 4.28. The van der Waals surface area contributed by atoms with Crippen LogP contribution < -0.4 is 5.32 Å². The third-order valence-electron chi connectivity index (χ3n) is 4.33. The second kappa shape index (κ2) is 7.17. The van der Waals surface area contributed by atoms with Gasteiger partial charge in [0.1, 0.15) is 0 Å². The molecule has 1 aromatic rings. The van der Waals surface area contributed by atoms with Crippen LogP contribution in [0, 0.1) is 11.8 Å². The molecule has 1 N–H and O–H groups in total. The molecule has 0 spiro atoms. The standard InChI is InChI=1S/C17H25ClN2O/c1-12-4-6-13(7-5-12)11-19-16-10-14(18)8-9-15(16)17(21)20(2)3/h8-10,12-13,19H,4-7,11H2,1-3H3.